The molecule has 1 fully saturated rings. The van der Waals surface area contributed by atoms with Crippen molar-refractivity contribution in [3.8, 4) is 5.75 Å². The largest absolute Gasteiger partial charge is 0.497 e. The molecule has 1 aliphatic rings. The van der Waals surface area contributed by atoms with Crippen molar-refractivity contribution in [1.82, 2.24) is 9.62 Å². The summed E-state index contributed by atoms with van der Waals surface area (Å²) in [4.78, 5) is 2.52. The predicted molar refractivity (Wildman–Crippen MR) is 112 cm³/mol. The van der Waals surface area contributed by atoms with Crippen LogP contribution in [0.3, 0.4) is 0 Å². The lowest BCUT2D eigenvalue weighted by atomic mass is 10.0. The van der Waals surface area contributed by atoms with Gasteiger partial charge in [0.15, 0.2) is 0 Å². The van der Waals surface area contributed by atoms with Crippen molar-refractivity contribution in [2.75, 3.05) is 40.0 Å². The maximum atomic E-state index is 12.8. The van der Waals surface area contributed by atoms with Gasteiger partial charge in [-0.15, -0.1) is 0 Å². The quantitative estimate of drug-likeness (QED) is 0.675. The number of methoxy groups -OCH3 is 1. The minimum absolute atomic E-state index is 0.0823. The van der Waals surface area contributed by atoms with E-state index in [1.807, 2.05) is 31.2 Å². The SMILES string of the molecule is COc1ccc(C(CNS(=O)(=O)c2ccc(Br)c(C)c2)N2CCOCC2)cc1. The summed E-state index contributed by atoms with van der Waals surface area (Å²) in [5, 5.41) is 0. The molecule has 0 aliphatic carbocycles. The summed E-state index contributed by atoms with van der Waals surface area (Å²) < 4.78 is 40.0. The first-order valence-electron chi connectivity index (χ1n) is 9.12. The lowest BCUT2D eigenvalue weighted by Gasteiger charge is -2.35. The maximum Gasteiger partial charge on any atom is 0.240 e. The molecule has 152 valence electrons. The molecular formula is C20H25BrN2O4S. The normalized spacial score (nSPS) is 16.7. The highest BCUT2D eigenvalue weighted by Crippen LogP contribution is 2.25. The van der Waals surface area contributed by atoms with Gasteiger partial charge in [-0.3, -0.25) is 4.90 Å². The van der Waals surface area contributed by atoms with E-state index in [4.69, 9.17) is 9.47 Å². The van der Waals surface area contributed by atoms with E-state index in [0.717, 1.165) is 34.4 Å². The van der Waals surface area contributed by atoms with Gasteiger partial charge in [-0.05, 0) is 48.4 Å². The van der Waals surface area contributed by atoms with Crippen LogP contribution < -0.4 is 9.46 Å². The number of hydrogen-bond acceptors (Lipinski definition) is 5. The zero-order chi connectivity index (χ0) is 20.1. The monoisotopic (exact) mass is 468 g/mol. The molecule has 1 N–H and O–H groups in total. The third-order valence-electron chi connectivity index (χ3n) is 4.89. The maximum absolute atomic E-state index is 12.8. The Labute approximate surface area is 175 Å². The number of nitrogens with zero attached hydrogens (tertiary/aromatic N) is 1. The van der Waals surface area contributed by atoms with E-state index >= 15 is 0 Å². The number of hydrogen-bond donors (Lipinski definition) is 1. The highest BCUT2D eigenvalue weighted by molar-refractivity contribution is 9.10. The third-order valence-corrected chi connectivity index (χ3v) is 7.20. The van der Waals surface area contributed by atoms with Crippen LogP contribution in [0, 0.1) is 6.92 Å². The Balaban J connectivity index is 1.80. The molecule has 2 aromatic carbocycles. The van der Waals surface area contributed by atoms with Crippen molar-refractivity contribution < 1.29 is 17.9 Å². The fraction of sp³-hybridized carbons (Fsp3) is 0.400. The fourth-order valence-electron chi connectivity index (χ4n) is 3.23. The number of nitrogens with one attached hydrogen (secondary N) is 1. The second kappa shape index (κ2) is 9.37. The standard InChI is InChI=1S/C20H25BrN2O4S/c1-15-13-18(7-8-19(15)21)28(24,25)22-14-20(23-9-11-27-12-10-23)16-3-5-17(26-2)6-4-16/h3-8,13,20,22H,9-12,14H2,1-2H3. The van der Waals surface area contributed by atoms with Gasteiger partial charge in [-0.25, -0.2) is 13.1 Å². The van der Waals surface area contributed by atoms with Crippen LogP contribution in [0.4, 0.5) is 0 Å². The van der Waals surface area contributed by atoms with E-state index in [-0.39, 0.29) is 17.5 Å². The average molecular weight is 469 g/mol. The first-order chi connectivity index (χ1) is 13.4. The molecule has 0 spiro atoms. The zero-order valence-electron chi connectivity index (χ0n) is 16.0. The fourth-order valence-corrected chi connectivity index (χ4v) is 4.60. The predicted octanol–water partition coefficient (Wildman–Crippen LogP) is 3.12. The second-order valence-electron chi connectivity index (χ2n) is 6.70. The van der Waals surface area contributed by atoms with Crippen LogP contribution in [0.1, 0.15) is 17.2 Å². The van der Waals surface area contributed by atoms with Gasteiger partial charge in [-0.2, -0.15) is 0 Å². The smallest absolute Gasteiger partial charge is 0.240 e. The van der Waals surface area contributed by atoms with Crippen LogP contribution in [0.5, 0.6) is 5.75 Å². The molecule has 0 bridgehead atoms. The molecule has 1 atom stereocenters. The van der Waals surface area contributed by atoms with Crippen molar-refractivity contribution in [3.05, 3.63) is 58.1 Å². The summed E-state index contributed by atoms with van der Waals surface area (Å²) in [6, 6.07) is 12.7. The summed E-state index contributed by atoms with van der Waals surface area (Å²) in [5.41, 5.74) is 1.92. The molecule has 1 heterocycles. The van der Waals surface area contributed by atoms with E-state index in [1.165, 1.54) is 0 Å². The molecule has 0 radical (unpaired) electrons. The van der Waals surface area contributed by atoms with E-state index < -0.39 is 10.0 Å². The molecule has 1 unspecified atom stereocenters. The van der Waals surface area contributed by atoms with Crippen LogP contribution in [0.25, 0.3) is 0 Å². The lowest BCUT2D eigenvalue weighted by Crippen LogP contribution is -2.43. The van der Waals surface area contributed by atoms with E-state index in [2.05, 4.69) is 25.6 Å². The molecule has 8 heteroatoms. The molecule has 0 amide bonds. The number of aryl methyl sites for hydroxylation is 1. The summed E-state index contributed by atoms with van der Waals surface area (Å²) in [7, 11) is -1.98. The number of benzene rings is 2. The number of rotatable bonds is 7. The van der Waals surface area contributed by atoms with Gasteiger partial charge in [0.25, 0.3) is 0 Å². The van der Waals surface area contributed by atoms with Gasteiger partial charge in [0.05, 0.1) is 25.2 Å². The summed E-state index contributed by atoms with van der Waals surface area (Å²) in [6.07, 6.45) is 0. The van der Waals surface area contributed by atoms with E-state index in [9.17, 15) is 8.42 Å². The number of ether oxygens (including phenoxy) is 2. The first kappa shape index (κ1) is 21.3. The molecule has 3 rings (SSSR count). The molecule has 1 aliphatic heterocycles. The first-order valence-corrected chi connectivity index (χ1v) is 11.4. The highest BCUT2D eigenvalue weighted by atomic mass is 79.9. The van der Waals surface area contributed by atoms with Gasteiger partial charge in [-0.1, -0.05) is 28.1 Å². The molecular weight excluding hydrogens is 444 g/mol. The minimum Gasteiger partial charge on any atom is -0.497 e. The number of halogens is 1. The van der Waals surface area contributed by atoms with Gasteiger partial charge in [0.1, 0.15) is 5.75 Å². The zero-order valence-corrected chi connectivity index (χ0v) is 18.4. The Kier molecular flexibility index (Phi) is 7.11. The van der Waals surface area contributed by atoms with Crippen molar-refractivity contribution >= 4 is 26.0 Å². The van der Waals surface area contributed by atoms with Gasteiger partial charge in [0, 0.05) is 30.1 Å². The number of morpholine rings is 1. The van der Waals surface area contributed by atoms with Crippen LogP contribution >= 0.6 is 15.9 Å². The van der Waals surface area contributed by atoms with Gasteiger partial charge < -0.3 is 9.47 Å². The number of sulfonamides is 1. The Hall–Kier alpha value is -1.45. The topological polar surface area (TPSA) is 67.9 Å². The Morgan fingerprint density at radius 1 is 1.18 bits per heavy atom. The van der Waals surface area contributed by atoms with Crippen LogP contribution in [-0.4, -0.2) is 53.3 Å². The van der Waals surface area contributed by atoms with Crippen LogP contribution in [0.15, 0.2) is 51.8 Å². The summed E-state index contributed by atoms with van der Waals surface area (Å²) in [5.74, 6) is 0.774. The van der Waals surface area contributed by atoms with Gasteiger partial charge >= 0.3 is 0 Å². The van der Waals surface area contributed by atoms with E-state index in [0.29, 0.717) is 13.2 Å². The minimum atomic E-state index is -3.61. The molecule has 0 aromatic heterocycles. The van der Waals surface area contributed by atoms with Crippen molar-refractivity contribution in [2.45, 2.75) is 17.9 Å². The van der Waals surface area contributed by atoms with Gasteiger partial charge in [0.2, 0.25) is 10.0 Å². The molecule has 6 nitrogen and oxygen atoms in total. The van der Waals surface area contributed by atoms with Crippen LogP contribution in [-0.2, 0) is 14.8 Å². The van der Waals surface area contributed by atoms with Crippen molar-refractivity contribution in [3.63, 3.8) is 0 Å². The Morgan fingerprint density at radius 2 is 1.86 bits per heavy atom. The molecule has 2 aromatic rings. The third kappa shape index (κ3) is 5.12. The molecule has 1 saturated heterocycles. The Bertz CT molecular complexity index is 897. The molecule has 28 heavy (non-hydrogen) atoms. The Morgan fingerprint density at radius 3 is 2.46 bits per heavy atom. The van der Waals surface area contributed by atoms with Crippen LogP contribution in [0.2, 0.25) is 0 Å². The van der Waals surface area contributed by atoms with E-state index in [1.54, 1.807) is 25.3 Å². The lowest BCUT2D eigenvalue weighted by molar-refractivity contribution is 0.0172. The summed E-state index contributed by atoms with van der Waals surface area (Å²) in [6.45, 7) is 4.96. The second-order valence-corrected chi connectivity index (χ2v) is 9.32. The summed E-state index contributed by atoms with van der Waals surface area (Å²) >= 11 is 3.41. The van der Waals surface area contributed by atoms with Crippen molar-refractivity contribution in [2.24, 2.45) is 0 Å². The highest BCUT2D eigenvalue weighted by Gasteiger charge is 2.25. The molecule has 0 saturated carbocycles. The average Bonchev–Trinajstić information content (AvgIpc) is 2.71. The van der Waals surface area contributed by atoms with Crippen molar-refractivity contribution in [1.29, 1.82) is 0 Å².